The van der Waals surface area contributed by atoms with Crippen molar-refractivity contribution in [2.45, 2.75) is 57.8 Å². The number of carbonyl (C=O) groups excluding carboxylic acids is 3. The molecule has 2 aromatic carbocycles. The van der Waals surface area contributed by atoms with Crippen molar-refractivity contribution in [2.75, 3.05) is 45.9 Å². The van der Waals surface area contributed by atoms with Crippen LogP contribution in [0.4, 0.5) is 9.59 Å². The van der Waals surface area contributed by atoms with Crippen LogP contribution in [0.1, 0.15) is 51.2 Å². The molecule has 10 nitrogen and oxygen atoms in total. The quantitative estimate of drug-likeness (QED) is 0.489. The standard InChI is InChI=1S/C33H42N4O6/c1-33(2,3)43-31(39)34-15-19-41-26-11-7-10-25(20-26)30(23-8-5-4-6-9-23)24-12-16-36(17-13-24)32(40)37-18-14-28-27(21-37)35-29(38)22-42-28/h4-11,20,27-28H,12-19,21-22H2,1-3H3,(H,34,39)(H,35,38)/t27-,28+/m1/s1. The monoisotopic (exact) mass is 590 g/mol. The molecule has 0 aliphatic carbocycles. The minimum absolute atomic E-state index is 0.0212. The minimum atomic E-state index is -0.551. The van der Waals surface area contributed by atoms with Crippen molar-refractivity contribution in [1.82, 2.24) is 20.4 Å². The fraction of sp³-hybridized carbons (Fsp3) is 0.485. The second kappa shape index (κ2) is 13.5. The normalized spacial score (nSPS) is 20.5. The maximum atomic E-state index is 13.4. The van der Waals surface area contributed by atoms with Gasteiger partial charge in [-0.2, -0.15) is 0 Å². The van der Waals surface area contributed by atoms with E-state index < -0.39 is 11.7 Å². The van der Waals surface area contributed by atoms with E-state index >= 15 is 0 Å². The van der Waals surface area contributed by atoms with E-state index in [4.69, 9.17) is 14.2 Å². The number of morpholine rings is 1. The van der Waals surface area contributed by atoms with Crippen LogP contribution in [0.3, 0.4) is 0 Å². The van der Waals surface area contributed by atoms with E-state index in [1.54, 1.807) is 0 Å². The first kappa shape index (κ1) is 30.4. The fourth-order valence-corrected chi connectivity index (χ4v) is 5.85. The lowest BCUT2D eigenvalue weighted by molar-refractivity contribution is -0.139. The number of urea groups is 1. The Balaban J connectivity index is 1.24. The number of piperidine rings is 2. The van der Waals surface area contributed by atoms with Crippen LogP contribution in [0, 0.1) is 0 Å². The number of likely N-dealkylation sites (tertiary alicyclic amines) is 2. The zero-order valence-electron chi connectivity index (χ0n) is 25.3. The summed E-state index contributed by atoms with van der Waals surface area (Å²) in [5.74, 6) is 0.594. The Bertz CT molecular complexity index is 1330. The van der Waals surface area contributed by atoms with E-state index in [9.17, 15) is 14.4 Å². The number of rotatable bonds is 6. The molecule has 4 amide bonds. The average molecular weight is 591 g/mol. The van der Waals surface area contributed by atoms with Crippen LogP contribution in [0.2, 0.25) is 0 Å². The van der Waals surface area contributed by atoms with Crippen LogP contribution < -0.4 is 15.4 Å². The third-order valence-electron chi connectivity index (χ3n) is 7.81. The van der Waals surface area contributed by atoms with E-state index in [0.29, 0.717) is 45.1 Å². The van der Waals surface area contributed by atoms with Gasteiger partial charge in [-0.05, 0) is 68.9 Å². The van der Waals surface area contributed by atoms with Gasteiger partial charge in [0.25, 0.3) is 0 Å². The van der Waals surface area contributed by atoms with Crippen LogP contribution >= 0.6 is 0 Å². The topological polar surface area (TPSA) is 109 Å². The highest BCUT2D eigenvalue weighted by Crippen LogP contribution is 2.34. The van der Waals surface area contributed by atoms with Crippen LogP contribution in [0.25, 0.3) is 5.57 Å². The minimum Gasteiger partial charge on any atom is -0.492 e. The van der Waals surface area contributed by atoms with Gasteiger partial charge in [0.15, 0.2) is 0 Å². The predicted molar refractivity (Wildman–Crippen MR) is 163 cm³/mol. The first-order valence-corrected chi connectivity index (χ1v) is 15.1. The first-order chi connectivity index (χ1) is 20.7. The number of alkyl carbamates (subject to hydrolysis) is 1. The van der Waals surface area contributed by atoms with Crippen molar-refractivity contribution < 1.29 is 28.6 Å². The maximum absolute atomic E-state index is 13.4. The second-order valence-corrected chi connectivity index (χ2v) is 12.2. The summed E-state index contributed by atoms with van der Waals surface area (Å²) >= 11 is 0. The molecule has 3 heterocycles. The number of fused-ring (bicyclic) bond motifs is 1. The van der Waals surface area contributed by atoms with Gasteiger partial charge in [-0.25, -0.2) is 9.59 Å². The Morgan fingerprint density at radius 1 is 1.00 bits per heavy atom. The highest BCUT2D eigenvalue weighted by Gasteiger charge is 2.38. The summed E-state index contributed by atoms with van der Waals surface area (Å²) < 4.78 is 16.9. The molecule has 230 valence electrons. The Hall–Kier alpha value is -4.05. The average Bonchev–Trinajstić information content (AvgIpc) is 2.99. The molecule has 0 spiro atoms. The number of hydrogen-bond donors (Lipinski definition) is 2. The van der Waals surface area contributed by atoms with Crippen LogP contribution in [0.15, 0.2) is 60.2 Å². The summed E-state index contributed by atoms with van der Waals surface area (Å²) in [6.45, 7) is 8.58. The number of carbonyl (C=O) groups is 3. The highest BCUT2D eigenvalue weighted by atomic mass is 16.6. The summed E-state index contributed by atoms with van der Waals surface area (Å²) in [4.78, 5) is 40.9. The lowest BCUT2D eigenvalue weighted by Crippen LogP contribution is -2.62. The van der Waals surface area contributed by atoms with Crippen molar-refractivity contribution in [1.29, 1.82) is 0 Å². The molecule has 2 N–H and O–H groups in total. The summed E-state index contributed by atoms with van der Waals surface area (Å²) in [6.07, 6.45) is 1.77. The van der Waals surface area contributed by atoms with Crippen LogP contribution in [-0.4, -0.2) is 91.5 Å². The van der Waals surface area contributed by atoms with Gasteiger partial charge in [0.05, 0.1) is 18.7 Å². The molecule has 0 unspecified atom stereocenters. The van der Waals surface area contributed by atoms with Gasteiger partial charge >= 0.3 is 12.1 Å². The van der Waals surface area contributed by atoms with E-state index in [1.165, 1.54) is 5.57 Å². The van der Waals surface area contributed by atoms with Crippen molar-refractivity contribution in [3.8, 4) is 5.75 Å². The molecule has 0 saturated carbocycles. The van der Waals surface area contributed by atoms with Gasteiger partial charge in [0, 0.05) is 26.2 Å². The molecule has 3 fully saturated rings. The third kappa shape index (κ3) is 8.07. The zero-order valence-corrected chi connectivity index (χ0v) is 25.3. The molecule has 10 heteroatoms. The van der Waals surface area contributed by atoms with Crippen molar-refractivity contribution >= 4 is 23.6 Å². The van der Waals surface area contributed by atoms with Crippen molar-refractivity contribution in [2.24, 2.45) is 0 Å². The Morgan fingerprint density at radius 3 is 2.49 bits per heavy atom. The lowest BCUT2D eigenvalue weighted by atomic mass is 9.88. The van der Waals surface area contributed by atoms with E-state index in [-0.39, 0.29) is 30.7 Å². The van der Waals surface area contributed by atoms with Gasteiger partial charge in [-0.1, -0.05) is 48.0 Å². The Kier molecular flexibility index (Phi) is 9.55. The molecule has 2 atom stereocenters. The van der Waals surface area contributed by atoms with Gasteiger partial charge in [0.2, 0.25) is 5.91 Å². The summed E-state index contributed by atoms with van der Waals surface area (Å²) in [7, 11) is 0. The molecule has 3 aliphatic rings. The highest BCUT2D eigenvalue weighted by molar-refractivity contribution is 5.83. The second-order valence-electron chi connectivity index (χ2n) is 12.2. The molecule has 2 aromatic rings. The molecule has 5 rings (SSSR count). The van der Waals surface area contributed by atoms with E-state index in [1.807, 2.05) is 67.0 Å². The molecular formula is C33H42N4O6. The van der Waals surface area contributed by atoms with Crippen molar-refractivity contribution in [3.05, 3.63) is 71.3 Å². The number of ether oxygens (including phenoxy) is 3. The van der Waals surface area contributed by atoms with Crippen LogP contribution in [0.5, 0.6) is 5.75 Å². The molecular weight excluding hydrogens is 548 g/mol. The maximum Gasteiger partial charge on any atom is 0.407 e. The number of nitrogens with zero attached hydrogens (tertiary/aromatic N) is 2. The molecule has 0 aromatic heterocycles. The SMILES string of the molecule is CC(C)(C)OC(=O)NCCOc1cccc(C(=C2CCN(C(=O)N3CC[C@@H]4OCC(=O)N[C@@H]4C3)CC2)c2ccccc2)c1. The third-order valence-corrected chi connectivity index (χ3v) is 7.81. The Morgan fingerprint density at radius 2 is 1.74 bits per heavy atom. The van der Waals surface area contributed by atoms with E-state index in [0.717, 1.165) is 36.0 Å². The molecule has 3 saturated heterocycles. The molecule has 0 radical (unpaired) electrons. The Labute approximate surface area is 253 Å². The number of amides is 4. The predicted octanol–water partition coefficient (Wildman–Crippen LogP) is 4.20. The summed E-state index contributed by atoms with van der Waals surface area (Å²) in [5, 5.41) is 5.70. The van der Waals surface area contributed by atoms with E-state index in [2.05, 4.69) is 28.8 Å². The largest absolute Gasteiger partial charge is 0.492 e. The van der Waals surface area contributed by atoms with Gasteiger partial charge in [-0.3, -0.25) is 4.79 Å². The number of nitrogens with one attached hydrogen (secondary N) is 2. The molecule has 43 heavy (non-hydrogen) atoms. The zero-order chi connectivity index (χ0) is 30.4. The number of hydrogen-bond acceptors (Lipinski definition) is 6. The lowest BCUT2D eigenvalue weighted by Gasteiger charge is -2.43. The summed E-state index contributed by atoms with van der Waals surface area (Å²) in [6, 6.07) is 18.2. The van der Waals surface area contributed by atoms with Gasteiger partial charge < -0.3 is 34.6 Å². The first-order valence-electron chi connectivity index (χ1n) is 15.1. The molecule has 3 aliphatic heterocycles. The summed E-state index contributed by atoms with van der Waals surface area (Å²) in [5.41, 5.74) is 4.08. The van der Waals surface area contributed by atoms with Crippen LogP contribution in [-0.2, 0) is 14.3 Å². The fourth-order valence-electron chi connectivity index (χ4n) is 5.85. The smallest absolute Gasteiger partial charge is 0.407 e. The van der Waals surface area contributed by atoms with Gasteiger partial charge in [0.1, 0.15) is 24.6 Å². The molecule has 0 bridgehead atoms. The van der Waals surface area contributed by atoms with Gasteiger partial charge in [-0.15, -0.1) is 0 Å². The van der Waals surface area contributed by atoms with Crippen molar-refractivity contribution in [3.63, 3.8) is 0 Å². The number of benzene rings is 2.